The molecule has 2 atom stereocenters. The van der Waals surface area contributed by atoms with Crippen LogP contribution in [0.1, 0.15) is 31.2 Å². The van der Waals surface area contributed by atoms with Crippen LogP contribution < -0.4 is 10.2 Å². The Hall–Kier alpha value is -1.60. The van der Waals surface area contributed by atoms with Crippen LogP contribution in [0.3, 0.4) is 0 Å². The van der Waals surface area contributed by atoms with Crippen LogP contribution in [0.2, 0.25) is 0 Å². The third-order valence-electron chi connectivity index (χ3n) is 4.30. The first-order valence-electron chi connectivity index (χ1n) is 9.04. The van der Waals surface area contributed by atoms with Gasteiger partial charge in [-0.25, -0.2) is 4.39 Å². The van der Waals surface area contributed by atoms with Crippen molar-refractivity contribution in [2.24, 2.45) is 5.92 Å². The number of amides is 2. The number of thioether (sulfide) groups is 1. The van der Waals surface area contributed by atoms with E-state index < -0.39 is 6.04 Å². The standard InChI is InChI=1S/C19H28FN3O2S/c1-13(2)10-16(18(25)21-8-9-22(3)4)23-17(24)12-26-19(23)14-6-5-7-15(20)11-14/h5-7,11,13,16,19H,8-10,12H2,1-4H3,(H,21,25)/p+1/t16-,19+/m0/s1. The van der Waals surface area contributed by atoms with E-state index in [1.807, 2.05) is 34.0 Å². The van der Waals surface area contributed by atoms with Crippen molar-refractivity contribution in [1.29, 1.82) is 0 Å². The molecule has 0 aliphatic carbocycles. The Kier molecular flexibility index (Phi) is 7.46. The fraction of sp³-hybridized carbons (Fsp3) is 0.579. The normalized spacial score (nSPS) is 18.7. The second kappa shape index (κ2) is 9.37. The molecule has 0 aromatic heterocycles. The fourth-order valence-electron chi connectivity index (χ4n) is 3.04. The summed E-state index contributed by atoms with van der Waals surface area (Å²) in [4.78, 5) is 28.3. The van der Waals surface area contributed by atoms with Crippen molar-refractivity contribution < 1.29 is 18.9 Å². The maximum Gasteiger partial charge on any atom is 0.243 e. The van der Waals surface area contributed by atoms with Gasteiger partial charge in [0.05, 0.1) is 32.9 Å². The molecule has 0 unspecified atom stereocenters. The first-order chi connectivity index (χ1) is 12.3. The van der Waals surface area contributed by atoms with Crippen LogP contribution in [0.5, 0.6) is 0 Å². The molecule has 1 heterocycles. The summed E-state index contributed by atoms with van der Waals surface area (Å²) in [5.41, 5.74) is 0.722. The van der Waals surface area contributed by atoms with Crippen LogP contribution in [0, 0.1) is 11.7 Å². The number of carbonyl (C=O) groups excluding carboxylic acids is 2. The number of nitrogens with zero attached hydrogens (tertiary/aromatic N) is 1. The van der Waals surface area contributed by atoms with E-state index in [-0.39, 0.29) is 28.9 Å². The lowest BCUT2D eigenvalue weighted by Crippen LogP contribution is -3.06. The van der Waals surface area contributed by atoms with Gasteiger partial charge >= 0.3 is 0 Å². The summed E-state index contributed by atoms with van der Waals surface area (Å²) >= 11 is 1.45. The second-order valence-corrected chi connectivity index (χ2v) is 8.48. The van der Waals surface area contributed by atoms with Crippen molar-refractivity contribution in [2.75, 3.05) is 32.9 Å². The molecule has 2 N–H and O–H groups in total. The summed E-state index contributed by atoms with van der Waals surface area (Å²) in [5.74, 6) is 0.0451. The van der Waals surface area contributed by atoms with E-state index in [0.29, 0.717) is 18.7 Å². The molecule has 26 heavy (non-hydrogen) atoms. The van der Waals surface area contributed by atoms with Gasteiger partial charge in [0.25, 0.3) is 0 Å². The molecular weight excluding hydrogens is 353 g/mol. The highest BCUT2D eigenvalue weighted by Gasteiger charge is 2.41. The van der Waals surface area contributed by atoms with Crippen LogP contribution in [-0.4, -0.2) is 55.7 Å². The van der Waals surface area contributed by atoms with Crippen molar-refractivity contribution in [3.05, 3.63) is 35.6 Å². The summed E-state index contributed by atoms with van der Waals surface area (Å²) in [6.07, 6.45) is 0.582. The Morgan fingerprint density at radius 2 is 2.15 bits per heavy atom. The molecule has 1 aliphatic heterocycles. The van der Waals surface area contributed by atoms with Crippen molar-refractivity contribution in [2.45, 2.75) is 31.7 Å². The van der Waals surface area contributed by atoms with Gasteiger partial charge in [-0.1, -0.05) is 26.0 Å². The molecule has 0 radical (unpaired) electrons. The predicted molar refractivity (Wildman–Crippen MR) is 102 cm³/mol. The average Bonchev–Trinajstić information content (AvgIpc) is 2.93. The van der Waals surface area contributed by atoms with Gasteiger partial charge in [-0.2, -0.15) is 0 Å². The smallest absolute Gasteiger partial charge is 0.243 e. The number of rotatable bonds is 8. The van der Waals surface area contributed by atoms with Gasteiger partial charge in [0.15, 0.2) is 0 Å². The Balaban J connectivity index is 2.22. The van der Waals surface area contributed by atoms with Gasteiger partial charge in [0, 0.05) is 0 Å². The van der Waals surface area contributed by atoms with E-state index in [0.717, 1.165) is 12.1 Å². The maximum atomic E-state index is 13.7. The minimum absolute atomic E-state index is 0.0664. The molecule has 1 aromatic rings. The lowest BCUT2D eigenvalue weighted by Gasteiger charge is -2.33. The maximum absolute atomic E-state index is 13.7. The van der Waals surface area contributed by atoms with E-state index in [9.17, 15) is 14.0 Å². The first-order valence-corrected chi connectivity index (χ1v) is 10.1. The Labute approximate surface area is 159 Å². The molecule has 0 saturated carbocycles. The molecule has 1 aliphatic rings. The first kappa shape index (κ1) is 20.7. The molecule has 5 nitrogen and oxygen atoms in total. The number of hydrogen-bond donors (Lipinski definition) is 2. The summed E-state index contributed by atoms with van der Waals surface area (Å²) in [6.45, 7) is 5.45. The quantitative estimate of drug-likeness (QED) is 0.707. The third-order valence-corrected chi connectivity index (χ3v) is 5.53. The Bertz CT molecular complexity index is 639. The minimum atomic E-state index is -0.539. The van der Waals surface area contributed by atoms with Crippen LogP contribution in [0.4, 0.5) is 4.39 Å². The lowest BCUT2D eigenvalue weighted by atomic mass is 10.0. The number of halogens is 1. The van der Waals surface area contributed by atoms with Gasteiger partial charge in [0.2, 0.25) is 11.8 Å². The molecule has 0 bridgehead atoms. The van der Waals surface area contributed by atoms with E-state index >= 15 is 0 Å². The van der Waals surface area contributed by atoms with Crippen LogP contribution >= 0.6 is 11.8 Å². The number of benzene rings is 1. The number of carbonyl (C=O) groups is 2. The van der Waals surface area contributed by atoms with Gasteiger partial charge < -0.3 is 15.1 Å². The molecule has 1 fully saturated rings. The number of nitrogens with one attached hydrogen (secondary N) is 2. The highest BCUT2D eigenvalue weighted by Crippen LogP contribution is 2.41. The van der Waals surface area contributed by atoms with E-state index in [1.54, 1.807) is 11.0 Å². The second-order valence-electron chi connectivity index (χ2n) is 7.41. The molecule has 2 rings (SSSR count). The fourth-order valence-corrected chi connectivity index (χ4v) is 4.25. The monoisotopic (exact) mass is 382 g/mol. The molecule has 1 aromatic carbocycles. The molecule has 1 saturated heterocycles. The summed E-state index contributed by atoms with van der Waals surface area (Å²) in [7, 11) is 4.05. The topological polar surface area (TPSA) is 53.9 Å². The largest absolute Gasteiger partial charge is 0.349 e. The highest BCUT2D eigenvalue weighted by molar-refractivity contribution is 8.00. The summed E-state index contributed by atoms with van der Waals surface area (Å²) in [5, 5.41) is 2.64. The van der Waals surface area contributed by atoms with Gasteiger partial charge in [-0.3, -0.25) is 9.59 Å². The molecule has 144 valence electrons. The van der Waals surface area contributed by atoms with Crippen molar-refractivity contribution in [3.63, 3.8) is 0 Å². The van der Waals surface area contributed by atoms with Crippen molar-refractivity contribution in [3.8, 4) is 0 Å². The van der Waals surface area contributed by atoms with Crippen LogP contribution in [0.25, 0.3) is 0 Å². The zero-order chi connectivity index (χ0) is 19.3. The van der Waals surface area contributed by atoms with Crippen molar-refractivity contribution in [1.82, 2.24) is 10.2 Å². The molecule has 2 amide bonds. The highest BCUT2D eigenvalue weighted by atomic mass is 32.2. The minimum Gasteiger partial charge on any atom is -0.349 e. The van der Waals surface area contributed by atoms with Crippen LogP contribution in [0.15, 0.2) is 24.3 Å². The van der Waals surface area contributed by atoms with Gasteiger partial charge in [-0.15, -0.1) is 11.8 Å². The molecule has 7 heteroatoms. The third kappa shape index (κ3) is 5.45. The Morgan fingerprint density at radius 3 is 2.77 bits per heavy atom. The molecule has 0 spiro atoms. The number of hydrogen-bond acceptors (Lipinski definition) is 3. The lowest BCUT2D eigenvalue weighted by molar-refractivity contribution is -0.856. The number of quaternary nitrogens is 1. The summed E-state index contributed by atoms with van der Waals surface area (Å²) in [6, 6.07) is 5.75. The van der Waals surface area contributed by atoms with Crippen molar-refractivity contribution >= 4 is 23.6 Å². The molecular formula is C19H29FN3O2S+. The van der Waals surface area contributed by atoms with Gasteiger partial charge in [-0.05, 0) is 30.0 Å². The summed E-state index contributed by atoms with van der Waals surface area (Å²) < 4.78 is 13.7. The van der Waals surface area contributed by atoms with Gasteiger partial charge in [0.1, 0.15) is 17.2 Å². The van der Waals surface area contributed by atoms with E-state index in [2.05, 4.69) is 5.32 Å². The van der Waals surface area contributed by atoms with E-state index in [4.69, 9.17) is 0 Å². The van der Waals surface area contributed by atoms with Crippen LogP contribution in [-0.2, 0) is 9.59 Å². The zero-order valence-corrected chi connectivity index (χ0v) is 16.7. The zero-order valence-electron chi connectivity index (χ0n) is 15.9. The average molecular weight is 383 g/mol. The number of likely N-dealkylation sites (N-methyl/N-ethyl adjacent to an activating group) is 1. The van der Waals surface area contributed by atoms with E-state index in [1.165, 1.54) is 28.8 Å². The predicted octanol–water partition coefficient (Wildman–Crippen LogP) is 1.08. The SMILES string of the molecule is CC(C)C[C@@H](C(=O)NCC[NH+](C)C)N1C(=O)CS[C@@H]1c1cccc(F)c1. The Morgan fingerprint density at radius 1 is 1.42 bits per heavy atom.